The fraction of sp³-hybridized carbons (Fsp3) is 0. The van der Waals surface area contributed by atoms with E-state index < -0.39 is 0 Å². The van der Waals surface area contributed by atoms with E-state index in [9.17, 15) is 0 Å². The van der Waals surface area contributed by atoms with Gasteiger partial charge in [-0.05, 0) is 42.4 Å². The van der Waals surface area contributed by atoms with Gasteiger partial charge >= 0.3 is 0 Å². The number of hydrogen-bond donors (Lipinski definition) is 0. The summed E-state index contributed by atoms with van der Waals surface area (Å²) in [5.74, 6) is 1.82. The molecule has 0 saturated carbocycles. The number of para-hydroxylation sites is 2. The molecular formula is C39H24N4S. The van der Waals surface area contributed by atoms with Crippen molar-refractivity contribution in [2.45, 2.75) is 0 Å². The highest BCUT2D eigenvalue weighted by Crippen LogP contribution is 2.39. The minimum absolute atomic E-state index is 0.211. The second kappa shape index (κ2) is 9.97. The number of thiophene rings is 1. The molecule has 5 heteroatoms. The maximum atomic E-state index is 8.78. The molecule has 9 aromatic rings. The van der Waals surface area contributed by atoms with Gasteiger partial charge in [0.1, 0.15) is 0 Å². The number of aromatic nitrogens is 4. The smallest absolute Gasteiger partial charge is 0.164 e. The maximum Gasteiger partial charge on any atom is 0.164 e. The van der Waals surface area contributed by atoms with E-state index in [0.29, 0.717) is 39.3 Å². The molecule has 4 nitrogen and oxygen atoms in total. The Kier molecular flexibility index (Phi) is 4.78. The third-order valence-corrected chi connectivity index (χ3v) is 9.09. The molecule has 0 fully saturated rings. The van der Waals surface area contributed by atoms with Crippen LogP contribution < -0.4 is 0 Å². The van der Waals surface area contributed by atoms with E-state index >= 15 is 0 Å². The van der Waals surface area contributed by atoms with E-state index in [1.54, 1.807) is 23.5 Å². The first-order valence-electron chi connectivity index (χ1n) is 16.3. The molecule has 0 atom stereocenters. The van der Waals surface area contributed by atoms with Gasteiger partial charge < -0.3 is 4.57 Å². The van der Waals surface area contributed by atoms with E-state index in [1.807, 2.05) is 71.3 Å². The lowest BCUT2D eigenvalue weighted by Crippen LogP contribution is -2.00. The molecule has 6 aromatic carbocycles. The Morgan fingerprint density at radius 3 is 1.68 bits per heavy atom. The zero-order valence-corrected chi connectivity index (χ0v) is 24.1. The molecule has 206 valence electrons. The minimum Gasteiger partial charge on any atom is -0.309 e. The van der Waals surface area contributed by atoms with Crippen LogP contribution in [0.25, 0.3) is 81.8 Å². The number of benzene rings is 6. The fourth-order valence-electron chi connectivity index (χ4n) is 5.89. The van der Waals surface area contributed by atoms with E-state index in [4.69, 9.17) is 20.4 Å². The highest BCUT2D eigenvalue weighted by atomic mass is 32.1. The lowest BCUT2D eigenvalue weighted by Gasteiger charge is -2.09. The lowest BCUT2D eigenvalue weighted by molar-refractivity contribution is 1.07. The van der Waals surface area contributed by atoms with Crippen LogP contribution in [0.15, 0.2) is 145 Å². The number of nitrogens with zero attached hydrogens (tertiary/aromatic N) is 4. The first-order chi connectivity index (χ1) is 23.4. The Bertz CT molecular complexity index is 2600. The van der Waals surface area contributed by atoms with Crippen LogP contribution in [-0.2, 0) is 0 Å². The molecule has 0 aliphatic carbocycles. The van der Waals surface area contributed by atoms with Crippen molar-refractivity contribution >= 4 is 53.3 Å². The van der Waals surface area contributed by atoms with Gasteiger partial charge in [-0.25, -0.2) is 15.0 Å². The third-order valence-electron chi connectivity index (χ3n) is 7.96. The molecule has 3 aromatic heterocycles. The quantitative estimate of drug-likeness (QED) is 0.207. The van der Waals surface area contributed by atoms with Crippen molar-refractivity contribution in [1.82, 2.24) is 19.5 Å². The largest absolute Gasteiger partial charge is 0.309 e. The Balaban J connectivity index is 1.22. The van der Waals surface area contributed by atoms with E-state index in [1.165, 1.54) is 12.1 Å². The minimum atomic E-state index is 0.211. The topological polar surface area (TPSA) is 43.6 Å². The molecule has 0 saturated heterocycles. The van der Waals surface area contributed by atoms with Gasteiger partial charge in [-0.15, -0.1) is 11.3 Å². The Morgan fingerprint density at radius 2 is 1.07 bits per heavy atom. The van der Waals surface area contributed by atoms with Gasteiger partial charge in [-0.1, -0.05) is 103 Å². The summed E-state index contributed by atoms with van der Waals surface area (Å²) in [6, 6.07) is 39.8. The van der Waals surface area contributed by atoms with E-state index in [0.717, 1.165) is 42.6 Å². The zero-order valence-electron chi connectivity index (χ0n) is 27.2. The van der Waals surface area contributed by atoms with Crippen LogP contribution in [0.1, 0.15) is 5.48 Å². The summed E-state index contributed by atoms with van der Waals surface area (Å²) >= 11 is 1.68. The zero-order chi connectivity index (χ0) is 32.5. The normalized spacial score (nSPS) is 12.9. The summed E-state index contributed by atoms with van der Waals surface area (Å²) in [7, 11) is 0. The molecule has 3 heterocycles. The van der Waals surface area contributed by atoms with Crippen molar-refractivity contribution in [2.24, 2.45) is 0 Å². The van der Waals surface area contributed by atoms with Gasteiger partial charge in [0.05, 0.1) is 16.5 Å². The molecular weight excluding hydrogens is 557 g/mol. The molecule has 0 aliphatic heterocycles. The van der Waals surface area contributed by atoms with Crippen molar-refractivity contribution in [1.29, 1.82) is 0 Å². The van der Waals surface area contributed by atoms with Gasteiger partial charge in [-0.3, -0.25) is 0 Å². The highest BCUT2D eigenvalue weighted by Gasteiger charge is 2.16. The molecule has 0 unspecified atom stereocenters. The van der Waals surface area contributed by atoms with Crippen molar-refractivity contribution in [3.05, 3.63) is 145 Å². The fourth-order valence-corrected chi connectivity index (χ4v) is 7.01. The SMILES string of the molecule is [2H]c1cc([2H])c2c(c1)c1cc([2H])cc([2H])c1n2-c1ccc2c(c1)sc1ccc(-c3nc(-c4ccccc4)nc(-c4ccccc4)n3)cc12. The van der Waals surface area contributed by atoms with Crippen LogP contribution in [-0.4, -0.2) is 19.5 Å². The number of fused-ring (bicyclic) bond motifs is 6. The first-order valence-corrected chi connectivity index (χ1v) is 15.1. The standard InChI is InChI=1S/C39H24N4S/c1-3-11-25(12-4-1)37-40-38(26-13-5-2-6-14-26)42-39(41-37)27-19-22-35-32(23-27)31-21-20-28(24-36(31)44-35)43-33-17-9-7-15-29(33)30-16-8-10-18-34(30)43/h1-24H/i7D,8D,17D,18D. The first kappa shape index (κ1) is 21.1. The second-order valence-corrected chi connectivity index (χ2v) is 11.7. The summed E-state index contributed by atoms with van der Waals surface area (Å²) in [6.07, 6.45) is 0. The number of hydrogen-bond acceptors (Lipinski definition) is 4. The van der Waals surface area contributed by atoms with Gasteiger partial charge in [0, 0.05) is 53.3 Å². The Labute approximate surface area is 263 Å². The predicted octanol–water partition coefficient (Wildman–Crippen LogP) is 10.3. The third kappa shape index (κ3) is 4.02. The maximum absolute atomic E-state index is 8.78. The summed E-state index contributed by atoms with van der Waals surface area (Å²) < 4.78 is 38.2. The van der Waals surface area contributed by atoms with Crippen LogP contribution in [0, 0.1) is 0 Å². The van der Waals surface area contributed by atoms with Gasteiger partial charge in [-0.2, -0.15) is 0 Å². The summed E-state index contributed by atoms with van der Waals surface area (Å²) in [5.41, 5.74) is 4.80. The van der Waals surface area contributed by atoms with Crippen LogP contribution in [0.4, 0.5) is 0 Å². The van der Waals surface area contributed by atoms with Gasteiger partial charge in [0.15, 0.2) is 17.5 Å². The molecule has 44 heavy (non-hydrogen) atoms. The number of rotatable bonds is 4. The Hall–Kier alpha value is -5.65. The van der Waals surface area contributed by atoms with Crippen molar-refractivity contribution in [3.8, 4) is 39.9 Å². The molecule has 0 radical (unpaired) electrons. The average Bonchev–Trinajstić information content (AvgIpc) is 3.64. The van der Waals surface area contributed by atoms with Crippen LogP contribution in [0.2, 0.25) is 0 Å². The van der Waals surface area contributed by atoms with Crippen LogP contribution >= 0.6 is 11.3 Å². The second-order valence-electron chi connectivity index (χ2n) is 10.6. The van der Waals surface area contributed by atoms with Crippen molar-refractivity contribution < 1.29 is 5.48 Å². The average molecular weight is 585 g/mol. The molecule has 0 aliphatic rings. The Morgan fingerprint density at radius 1 is 0.477 bits per heavy atom. The van der Waals surface area contributed by atoms with Crippen molar-refractivity contribution in [2.75, 3.05) is 0 Å². The predicted molar refractivity (Wildman–Crippen MR) is 183 cm³/mol. The highest BCUT2D eigenvalue weighted by molar-refractivity contribution is 7.25. The molecule has 0 amide bonds. The van der Waals surface area contributed by atoms with Gasteiger partial charge in [0.25, 0.3) is 0 Å². The summed E-state index contributed by atoms with van der Waals surface area (Å²) in [6.45, 7) is 0. The lowest BCUT2D eigenvalue weighted by atomic mass is 10.1. The van der Waals surface area contributed by atoms with Crippen LogP contribution in [0.3, 0.4) is 0 Å². The van der Waals surface area contributed by atoms with E-state index in [-0.39, 0.29) is 24.2 Å². The molecule has 9 rings (SSSR count). The molecule has 0 N–H and O–H groups in total. The molecule has 0 spiro atoms. The molecule has 0 bridgehead atoms. The van der Waals surface area contributed by atoms with E-state index in [2.05, 4.69) is 30.3 Å². The summed E-state index contributed by atoms with van der Waals surface area (Å²) in [4.78, 5) is 14.7. The van der Waals surface area contributed by atoms with Crippen LogP contribution in [0.5, 0.6) is 0 Å². The van der Waals surface area contributed by atoms with Gasteiger partial charge in [0.2, 0.25) is 0 Å². The van der Waals surface area contributed by atoms with Crippen molar-refractivity contribution in [3.63, 3.8) is 0 Å². The summed E-state index contributed by atoms with van der Waals surface area (Å²) in [5, 5.41) is 3.58. The monoisotopic (exact) mass is 584 g/mol.